The number of rotatable bonds is 4. The average Bonchev–Trinajstić information content (AvgIpc) is 2.65. The highest BCUT2D eigenvalue weighted by atomic mass is 16.4. The van der Waals surface area contributed by atoms with E-state index in [9.17, 15) is 9.90 Å². The molecule has 4 bridgehead atoms. The summed E-state index contributed by atoms with van der Waals surface area (Å²) in [6, 6.07) is 13.9. The van der Waals surface area contributed by atoms with E-state index >= 15 is 0 Å². The first-order valence-electron chi connectivity index (χ1n) is 10.4. The van der Waals surface area contributed by atoms with Gasteiger partial charge in [0.2, 0.25) is 0 Å². The van der Waals surface area contributed by atoms with E-state index in [4.69, 9.17) is 5.11 Å². The minimum absolute atomic E-state index is 0.344. The molecule has 0 unspecified atom stereocenters. The standard InChI is InChI=1S/C25H26O3/c26-23-13-19(18-4-1-15(2-5-18)3-6-24(27)28)12-22(14-23)25-20-8-16-7-17(10-20)11-21(25)9-16/h1-6,12-14,16-17,20-21,25-26H,7-11H2,(H,27,28). The number of carboxylic acids is 1. The summed E-state index contributed by atoms with van der Waals surface area (Å²) in [7, 11) is 0. The molecular formula is C25H26O3. The van der Waals surface area contributed by atoms with Crippen molar-refractivity contribution in [2.75, 3.05) is 0 Å². The smallest absolute Gasteiger partial charge is 0.328 e. The van der Waals surface area contributed by atoms with Gasteiger partial charge in [0.1, 0.15) is 5.75 Å². The van der Waals surface area contributed by atoms with Crippen LogP contribution in [0.2, 0.25) is 0 Å². The SMILES string of the molecule is O=C(O)C=Cc1ccc(-c2cc(O)cc(C3C4CC5CC(C4)CC3C5)c2)cc1. The third-order valence-electron chi connectivity index (χ3n) is 7.21. The lowest BCUT2D eigenvalue weighted by atomic mass is 9.50. The van der Waals surface area contributed by atoms with E-state index < -0.39 is 5.97 Å². The minimum Gasteiger partial charge on any atom is -0.508 e. The van der Waals surface area contributed by atoms with Crippen LogP contribution in [0.5, 0.6) is 5.75 Å². The third-order valence-corrected chi connectivity index (χ3v) is 7.21. The van der Waals surface area contributed by atoms with Crippen LogP contribution in [0.1, 0.15) is 49.1 Å². The van der Waals surface area contributed by atoms with Crippen molar-refractivity contribution >= 4 is 12.0 Å². The largest absolute Gasteiger partial charge is 0.508 e. The molecule has 4 saturated carbocycles. The molecule has 28 heavy (non-hydrogen) atoms. The molecule has 0 aliphatic heterocycles. The van der Waals surface area contributed by atoms with Crippen molar-refractivity contribution in [1.82, 2.24) is 0 Å². The Morgan fingerprint density at radius 3 is 2.11 bits per heavy atom. The third kappa shape index (κ3) is 3.23. The molecule has 0 atom stereocenters. The summed E-state index contributed by atoms with van der Waals surface area (Å²) in [5, 5.41) is 19.2. The Balaban J connectivity index is 1.44. The lowest BCUT2D eigenvalue weighted by molar-refractivity contribution is -0.131. The van der Waals surface area contributed by atoms with Crippen molar-refractivity contribution in [3.05, 3.63) is 59.7 Å². The fourth-order valence-electron chi connectivity index (χ4n) is 6.42. The van der Waals surface area contributed by atoms with Crippen LogP contribution >= 0.6 is 0 Å². The van der Waals surface area contributed by atoms with Gasteiger partial charge in [-0.15, -0.1) is 0 Å². The van der Waals surface area contributed by atoms with Gasteiger partial charge in [0.25, 0.3) is 0 Å². The first-order chi connectivity index (χ1) is 13.5. The molecule has 4 fully saturated rings. The molecule has 2 aromatic carbocycles. The lowest BCUT2D eigenvalue weighted by Crippen LogP contribution is -2.43. The highest BCUT2D eigenvalue weighted by Crippen LogP contribution is 2.60. The maximum absolute atomic E-state index is 10.7. The number of aliphatic carboxylic acids is 1. The van der Waals surface area contributed by atoms with E-state index in [-0.39, 0.29) is 0 Å². The number of hydrogen-bond acceptors (Lipinski definition) is 2. The number of hydrogen-bond donors (Lipinski definition) is 2. The fourth-order valence-corrected chi connectivity index (χ4v) is 6.42. The van der Waals surface area contributed by atoms with E-state index in [1.165, 1.54) is 37.7 Å². The van der Waals surface area contributed by atoms with Crippen LogP contribution in [0.15, 0.2) is 48.5 Å². The van der Waals surface area contributed by atoms with E-state index in [0.717, 1.165) is 46.4 Å². The Morgan fingerprint density at radius 1 is 0.857 bits per heavy atom. The number of benzene rings is 2. The molecule has 0 amide bonds. The summed E-state index contributed by atoms with van der Waals surface area (Å²) in [4.78, 5) is 10.7. The normalized spacial score (nSPS) is 30.8. The lowest BCUT2D eigenvalue weighted by Gasteiger charge is -2.54. The van der Waals surface area contributed by atoms with Crippen LogP contribution in [-0.2, 0) is 4.79 Å². The van der Waals surface area contributed by atoms with Gasteiger partial charge in [-0.2, -0.15) is 0 Å². The van der Waals surface area contributed by atoms with Gasteiger partial charge in [-0.05, 0) is 102 Å². The number of aromatic hydroxyl groups is 1. The topological polar surface area (TPSA) is 57.5 Å². The van der Waals surface area contributed by atoms with Crippen LogP contribution in [0.25, 0.3) is 17.2 Å². The molecule has 2 aromatic rings. The summed E-state index contributed by atoms with van der Waals surface area (Å²) < 4.78 is 0. The monoisotopic (exact) mass is 374 g/mol. The first kappa shape index (κ1) is 17.5. The predicted octanol–water partition coefficient (Wildman–Crippen LogP) is 5.70. The van der Waals surface area contributed by atoms with Gasteiger partial charge in [0.15, 0.2) is 0 Å². The van der Waals surface area contributed by atoms with E-state index in [1.54, 1.807) is 6.08 Å². The fraction of sp³-hybridized carbons (Fsp3) is 0.400. The number of carbonyl (C=O) groups is 1. The maximum atomic E-state index is 10.7. The van der Waals surface area contributed by atoms with Gasteiger partial charge in [-0.1, -0.05) is 30.3 Å². The molecule has 0 heterocycles. The number of phenols is 1. The summed E-state index contributed by atoms with van der Waals surface area (Å²) in [6.45, 7) is 0. The zero-order valence-corrected chi connectivity index (χ0v) is 15.9. The van der Waals surface area contributed by atoms with Crippen LogP contribution in [-0.4, -0.2) is 16.2 Å². The summed E-state index contributed by atoms with van der Waals surface area (Å²) in [6.07, 6.45) is 9.66. The Morgan fingerprint density at radius 2 is 1.50 bits per heavy atom. The van der Waals surface area contributed by atoms with Gasteiger partial charge in [0.05, 0.1) is 0 Å². The summed E-state index contributed by atoms with van der Waals surface area (Å²) >= 11 is 0. The molecule has 6 rings (SSSR count). The molecule has 144 valence electrons. The quantitative estimate of drug-likeness (QED) is 0.675. The van der Waals surface area contributed by atoms with Crippen molar-refractivity contribution in [1.29, 1.82) is 0 Å². The molecule has 0 aromatic heterocycles. The number of phenolic OH excluding ortho intramolecular Hbond substituents is 1. The molecule has 4 aliphatic carbocycles. The second-order valence-corrected chi connectivity index (χ2v) is 9.06. The van der Waals surface area contributed by atoms with Gasteiger partial charge in [0, 0.05) is 6.08 Å². The molecule has 4 aliphatic rings. The minimum atomic E-state index is -0.947. The van der Waals surface area contributed by atoms with Gasteiger partial charge in [-0.3, -0.25) is 0 Å². The molecule has 0 radical (unpaired) electrons. The highest BCUT2D eigenvalue weighted by molar-refractivity contribution is 5.85. The van der Waals surface area contributed by atoms with E-state index in [2.05, 4.69) is 6.07 Å². The van der Waals surface area contributed by atoms with Crippen molar-refractivity contribution in [2.24, 2.45) is 23.7 Å². The summed E-state index contributed by atoms with van der Waals surface area (Å²) in [5.74, 6) is 3.46. The van der Waals surface area contributed by atoms with Crippen molar-refractivity contribution < 1.29 is 15.0 Å². The Labute approximate surface area is 165 Å². The Kier molecular flexibility index (Phi) is 4.26. The van der Waals surface area contributed by atoms with Crippen molar-refractivity contribution in [3.63, 3.8) is 0 Å². The van der Waals surface area contributed by atoms with E-state index in [0.29, 0.717) is 11.7 Å². The van der Waals surface area contributed by atoms with Gasteiger partial charge < -0.3 is 10.2 Å². The number of carboxylic acid groups (broad SMARTS) is 1. The van der Waals surface area contributed by atoms with Crippen LogP contribution < -0.4 is 0 Å². The second kappa shape index (κ2) is 6.80. The van der Waals surface area contributed by atoms with Crippen molar-refractivity contribution in [3.8, 4) is 16.9 Å². The molecule has 3 heteroatoms. The van der Waals surface area contributed by atoms with E-state index in [1.807, 2.05) is 36.4 Å². The molecule has 3 nitrogen and oxygen atoms in total. The van der Waals surface area contributed by atoms with Crippen LogP contribution in [0, 0.1) is 23.7 Å². The average molecular weight is 374 g/mol. The highest BCUT2D eigenvalue weighted by Gasteiger charge is 2.48. The predicted molar refractivity (Wildman–Crippen MR) is 110 cm³/mol. The zero-order chi connectivity index (χ0) is 19.3. The summed E-state index contributed by atoms with van der Waals surface area (Å²) in [5.41, 5.74) is 4.25. The maximum Gasteiger partial charge on any atom is 0.328 e. The van der Waals surface area contributed by atoms with Crippen molar-refractivity contribution in [2.45, 2.75) is 38.0 Å². The van der Waals surface area contributed by atoms with Crippen LogP contribution in [0.3, 0.4) is 0 Å². The van der Waals surface area contributed by atoms with Gasteiger partial charge in [-0.25, -0.2) is 4.79 Å². The molecule has 0 spiro atoms. The zero-order valence-electron chi connectivity index (χ0n) is 15.9. The molecule has 2 N–H and O–H groups in total. The Hall–Kier alpha value is -2.55. The molecule has 0 saturated heterocycles. The van der Waals surface area contributed by atoms with Crippen LogP contribution in [0.4, 0.5) is 0 Å². The Bertz CT molecular complexity index is 897. The molecular weight excluding hydrogens is 348 g/mol. The van der Waals surface area contributed by atoms with Gasteiger partial charge >= 0.3 is 5.97 Å². The first-order valence-corrected chi connectivity index (χ1v) is 10.4. The second-order valence-electron chi connectivity index (χ2n) is 9.06.